The molecule has 146 valence electrons. The minimum absolute atomic E-state index is 0.206. The summed E-state index contributed by atoms with van der Waals surface area (Å²) in [5.74, 6) is 1.69. The average molecular weight is 364 g/mol. The fraction of sp³-hybridized carbons (Fsp3) is 0.650. The molecular weight excluding hydrogens is 332 g/mol. The smallest absolute Gasteiger partial charge is 0.410 e. The highest BCUT2D eigenvalue weighted by Gasteiger charge is 2.24. The fourth-order valence-electron chi connectivity index (χ4n) is 2.85. The van der Waals surface area contributed by atoms with E-state index in [4.69, 9.17) is 14.2 Å². The van der Waals surface area contributed by atoms with Crippen LogP contribution in [0.5, 0.6) is 11.5 Å². The standard InChI is InChI=1S/C20H32N2O4/c1-20(2,3)26-19(23)22-13-5-11-21(14-15-22)12-6-16-25-18-9-7-17(24-4)8-10-18/h7-10H,5-6,11-16H2,1-4H3. The van der Waals surface area contributed by atoms with E-state index in [1.165, 1.54) is 0 Å². The maximum Gasteiger partial charge on any atom is 0.410 e. The summed E-state index contributed by atoms with van der Waals surface area (Å²) in [6, 6.07) is 7.64. The molecule has 1 aromatic carbocycles. The van der Waals surface area contributed by atoms with Crippen molar-refractivity contribution in [2.45, 2.75) is 39.2 Å². The summed E-state index contributed by atoms with van der Waals surface area (Å²) in [4.78, 5) is 16.4. The van der Waals surface area contributed by atoms with Crippen LogP contribution in [0.1, 0.15) is 33.6 Å². The van der Waals surface area contributed by atoms with Crippen molar-refractivity contribution < 1.29 is 19.0 Å². The number of nitrogens with zero attached hydrogens (tertiary/aromatic N) is 2. The van der Waals surface area contributed by atoms with E-state index < -0.39 is 5.60 Å². The molecule has 1 amide bonds. The van der Waals surface area contributed by atoms with Gasteiger partial charge in [0, 0.05) is 26.2 Å². The number of carbonyl (C=O) groups excluding carboxylic acids is 1. The Bertz CT molecular complexity index is 554. The van der Waals surface area contributed by atoms with Crippen LogP contribution in [0.4, 0.5) is 4.79 Å². The zero-order chi connectivity index (χ0) is 19.0. The monoisotopic (exact) mass is 364 g/mol. The maximum absolute atomic E-state index is 12.2. The van der Waals surface area contributed by atoms with Gasteiger partial charge in [-0.2, -0.15) is 0 Å². The van der Waals surface area contributed by atoms with E-state index in [9.17, 15) is 4.79 Å². The van der Waals surface area contributed by atoms with Crippen LogP contribution in [0, 0.1) is 0 Å². The molecular formula is C20H32N2O4. The SMILES string of the molecule is COc1ccc(OCCCN2CCCN(C(=O)OC(C)(C)C)CC2)cc1. The van der Waals surface area contributed by atoms with Gasteiger partial charge in [-0.15, -0.1) is 0 Å². The molecule has 0 spiro atoms. The normalized spacial score (nSPS) is 16.1. The van der Waals surface area contributed by atoms with Gasteiger partial charge in [0.25, 0.3) is 0 Å². The van der Waals surface area contributed by atoms with Gasteiger partial charge in [-0.05, 0) is 64.4 Å². The molecule has 1 heterocycles. The lowest BCUT2D eigenvalue weighted by atomic mass is 10.2. The Morgan fingerprint density at radius 1 is 1.04 bits per heavy atom. The highest BCUT2D eigenvalue weighted by Crippen LogP contribution is 2.17. The third kappa shape index (κ3) is 7.12. The number of benzene rings is 1. The second-order valence-corrected chi connectivity index (χ2v) is 7.54. The van der Waals surface area contributed by atoms with Crippen LogP contribution < -0.4 is 9.47 Å². The first-order valence-electron chi connectivity index (χ1n) is 9.34. The third-order valence-corrected chi connectivity index (χ3v) is 4.19. The molecule has 0 radical (unpaired) electrons. The Hall–Kier alpha value is -1.95. The van der Waals surface area contributed by atoms with Crippen molar-refractivity contribution in [2.24, 2.45) is 0 Å². The van der Waals surface area contributed by atoms with Crippen molar-refractivity contribution in [1.29, 1.82) is 0 Å². The molecule has 2 rings (SSSR count). The minimum Gasteiger partial charge on any atom is -0.497 e. The third-order valence-electron chi connectivity index (χ3n) is 4.19. The van der Waals surface area contributed by atoms with Crippen molar-refractivity contribution in [3.05, 3.63) is 24.3 Å². The van der Waals surface area contributed by atoms with Crippen LogP contribution in [-0.4, -0.2) is 67.9 Å². The van der Waals surface area contributed by atoms with E-state index in [1.807, 2.05) is 49.9 Å². The molecule has 26 heavy (non-hydrogen) atoms. The molecule has 0 aliphatic carbocycles. The summed E-state index contributed by atoms with van der Waals surface area (Å²) < 4.78 is 16.4. The highest BCUT2D eigenvalue weighted by atomic mass is 16.6. The molecule has 1 aliphatic rings. The summed E-state index contributed by atoms with van der Waals surface area (Å²) in [6.45, 7) is 10.7. The lowest BCUT2D eigenvalue weighted by Gasteiger charge is -2.26. The first kappa shape index (κ1) is 20.4. The number of carbonyl (C=O) groups is 1. The van der Waals surface area contributed by atoms with Gasteiger partial charge < -0.3 is 24.0 Å². The van der Waals surface area contributed by atoms with Gasteiger partial charge in [0.15, 0.2) is 0 Å². The highest BCUT2D eigenvalue weighted by molar-refractivity contribution is 5.68. The number of ether oxygens (including phenoxy) is 3. The number of amides is 1. The van der Waals surface area contributed by atoms with Gasteiger partial charge in [0.2, 0.25) is 0 Å². The first-order chi connectivity index (χ1) is 12.4. The summed E-state index contributed by atoms with van der Waals surface area (Å²) in [6.07, 6.45) is 1.72. The topological polar surface area (TPSA) is 51.2 Å². The Balaban J connectivity index is 1.66. The van der Waals surface area contributed by atoms with E-state index in [0.717, 1.165) is 50.5 Å². The first-order valence-corrected chi connectivity index (χ1v) is 9.34. The molecule has 6 heteroatoms. The van der Waals surface area contributed by atoms with Crippen LogP contribution in [0.15, 0.2) is 24.3 Å². The van der Waals surface area contributed by atoms with Crippen molar-refractivity contribution >= 4 is 6.09 Å². The van der Waals surface area contributed by atoms with E-state index >= 15 is 0 Å². The molecule has 0 bridgehead atoms. The Kier molecular flexibility index (Phi) is 7.57. The largest absolute Gasteiger partial charge is 0.497 e. The van der Waals surface area contributed by atoms with Crippen LogP contribution in [0.25, 0.3) is 0 Å². The van der Waals surface area contributed by atoms with Gasteiger partial charge in [-0.3, -0.25) is 0 Å². The lowest BCUT2D eigenvalue weighted by Crippen LogP contribution is -2.39. The predicted molar refractivity (Wildman–Crippen MR) is 102 cm³/mol. The molecule has 1 aliphatic heterocycles. The van der Waals surface area contributed by atoms with Gasteiger partial charge in [0.1, 0.15) is 17.1 Å². The molecule has 1 fully saturated rings. The molecule has 0 N–H and O–H groups in total. The number of hydrogen-bond donors (Lipinski definition) is 0. The summed E-state index contributed by atoms with van der Waals surface area (Å²) in [7, 11) is 1.65. The molecule has 1 saturated heterocycles. The van der Waals surface area contributed by atoms with Crippen LogP contribution in [0.2, 0.25) is 0 Å². The maximum atomic E-state index is 12.2. The van der Waals surface area contributed by atoms with Crippen LogP contribution in [0.3, 0.4) is 0 Å². The van der Waals surface area contributed by atoms with E-state index in [-0.39, 0.29) is 6.09 Å². The average Bonchev–Trinajstić information content (AvgIpc) is 2.83. The van der Waals surface area contributed by atoms with E-state index in [0.29, 0.717) is 13.2 Å². The second-order valence-electron chi connectivity index (χ2n) is 7.54. The second kappa shape index (κ2) is 9.67. The predicted octanol–water partition coefficient (Wildman–Crippen LogP) is 3.41. The zero-order valence-electron chi connectivity index (χ0n) is 16.5. The Morgan fingerprint density at radius 3 is 2.38 bits per heavy atom. The van der Waals surface area contributed by atoms with Crippen molar-refractivity contribution in [3.63, 3.8) is 0 Å². The Labute approximate surface area is 157 Å². The fourth-order valence-corrected chi connectivity index (χ4v) is 2.85. The summed E-state index contributed by atoms with van der Waals surface area (Å²) in [5, 5.41) is 0. The molecule has 6 nitrogen and oxygen atoms in total. The van der Waals surface area contributed by atoms with Crippen molar-refractivity contribution in [1.82, 2.24) is 9.80 Å². The van der Waals surface area contributed by atoms with Crippen molar-refractivity contribution in [2.75, 3.05) is 46.4 Å². The Morgan fingerprint density at radius 2 is 1.73 bits per heavy atom. The quantitative estimate of drug-likeness (QED) is 0.724. The zero-order valence-corrected chi connectivity index (χ0v) is 16.5. The van der Waals surface area contributed by atoms with E-state index in [2.05, 4.69) is 4.90 Å². The van der Waals surface area contributed by atoms with Gasteiger partial charge in [-0.25, -0.2) is 4.79 Å². The van der Waals surface area contributed by atoms with Crippen molar-refractivity contribution in [3.8, 4) is 11.5 Å². The molecule has 0 unspecified atom stereocenters. The number of methoxy groups -OCH3 is 1. The molecule has 0 aromatic heterocycles. The number of rotatable bonds is 6. The van der Waals surface area contributed by atoms with E-state index in [1.54, 1.807) is 7.11 Å². The minimum atomic E-state index is -0.443. The number of hydrogen-bond acceptors (Lipinski definition) is 5. The molecule has 1 aromatic rings. The van der Waals surface area contributed by atoms with Crippen LogP contribution >= 0.6 is 0 Å². The summed E-state index contributed by atoms with van der Waals surface area (Å²) >= 11 is 0. The van der Waals surface area contributed by atoms with Crippen LogP contribution in [-0.2, 0) is 4.74 Å². The lowest BCUT2D eigenvalue weighted by molar-refractivity contribution is 0.0257. The molecule has 0 atom stereocenters. The molecule has 0 saturated carbocycles. The van der Waals surface area contributed by atoms with Gasteiger partial charge in [0.05, 0.1) is 13.7 Å². The summed E-state index contributed by atoms with van der Waals surface area (Å²) in [5.41, 5.74) is -0.443. The van der Waals surface area contributed by atoms with Gasteiger partial charge >= 0.3 is 6.09 Å². The van der Waals surface area contributed by atoms with Gasteiger partial charge in [-0.1, -0.05) is 0 Å².